The Morgan fingerprint density at radius 1 is 1.19 bits per heavy atom. The third-order valence-electron chi connectivity index (χ3n) is 5.45. The van der Waals surface area contributed by atoms with Crippen molar-refractivity contribution < 1.29 is 0 Å². The molecule has 0 fully saturated rings. The normalized spacial score (nSPS) is 13.0. The lowest BCUT2D eigenvalue weighted by Gasteiger charge is -2.20. The van der Waals surface area contributed by atoms with Gasteiger partial charge in [0.25, 0.3) is 0 Å². The van der Waals surface area contributed by atoms with E-state index in [9.17, 15) is 5.26 Å². The fourth-order valence-corrected chi connectivity index (χ4v) is 3.81. The van der Waals surface area contributed by atoms with Gasteiger partial charge in [0.1, 0.15) is 6.07 Å². The molecule has 0 amide bonds. The van der Waals surface area contributed by atoms with Crippen LogP contribution in [0.3, 0.4) is 0 Å². The van der Waals surface area contributed by atoms with Gasteiger partial charge in [-0.1, -0.05) is 38.7 Å². The number of aromatic nitrogens is 1. The van der Waals surface area contributed by atoms with E-state index in [1.54, 1.807) is 6.08 Å². The molecule has 164 valence electrons. The summed E-state index contributed by atoms with van der Waals surface area (Å²) in [6.07, 6.45) is 13.3. The number of rotatable bonds is 12. The lowest BCUT2D eigenvalue weighted by molar-refractivity contribution is 0.280. The lowest BCUT2D eigenvalue weighted by atomic mass is 10.0. The first-order valence-corrected chi connectivity index (χ1v) is 11.3. The molecule has 0 saturated heterocycles. The predicted molar refractivity (Wildman–Crippen MR) is 134 cm³/mol. The minimum absolute atomic E-state index is 0.532. The van der Waals surface area contributed by atoms with Crippen LogP contribution in [0, 0.1) is 18.3 Å². The van der Waals surface area contributed by atoms with Crippen molar-refractivity contribution in [1.82, 2.24) is 9.88 Å². The summed E-state index contributed by atoms with van der Waals surface area (Å²) >= 11 is 0. The van der Waals surface area contributed by atoms with E-state index in [-0.39, 0.29) is 0 Å². The van der Waals surface area contributed by atoms with E-state index in [1.165, 1.54) is 18.2 Å². The minimum atomic E-state index is 0.532. The first kappa shape index (κ1) is 24.2. The fourth-order valence-electron chi connectivity index (χ4n) is 3.81. The number of benzene rings is 1. The predicted octanol–water partition coefficient (Wildman–Crippen LogP) is 6.87. The highest BCUT2D eigenvalue weighted by Gasteiger charge is 2.11. The van der Waals surface area contributed by atoms with Gasteiger partial charge < -0.3 is 15.2 Å². The smallest absolute Gasteiger partial charge is 0.101 e. The molecule has 2 rings (SSSR count). The summed E-state index contributed by atoms with van der Waals surface area (Å²) < 4.78 is 0. The second-order valence-corrected chi connectivity index (χ2v) is 7.68. The van der Waals surface area contributed by atoms with Crippen LogP contribution in [0.4, 0.5) is 5.69 Å². The molecule has 4 nitrogen and oxygen atoms in total. The third kappa shape index (κ3) is 6.47. The summed E-state index contributed by atoms with van der Waals surface area (Å²) in [5.41, 5.74) is 5.54. The quantitative estimate of drug-likeness (QED) is 0.293. The Bertz CT molecular complexity index is 992. The van der Waals surface area contributed by atoms with E-state index in [1.807, 2.05) is 19.2 Å². The number of anilines is 1. The van der Waals surface area contributed by atoms with Crippen LogP contribution in [0.1, 0.15) is 45.6 Å². The van der Waals surface area contributed by atoms with Crippen molar-refractivity contribution in [3.63, 3.8) is 0 Å². The van der Waals surface area contributed by atoms with Crippen molar-refractivity contribution in [3.05, 3.63) is 77.7 Å². The van der Waals surface area contributed by atoms with Gasteiger partial charge in [0.2, 0.25) is 0 Å². The molecular formula is C27H36N4. The van der Waals surface area contributed by atoms with Crippen LogP contribution in [-0.4, -0.2) is 29.5 Å². The van der Waals surface area contributed by atoms with Crippen LogP contribution in [0.25, 0.3) is 10.9 Å². The van der Waals surface area contributed by atoms with Crippen LogP contribution < -0.4 is 5.32 Å². The van der Waals surface area contributed by atoms with Crippen LogP contribution in [-0.2, 0) is 0 Å². The number of hydrogen-bond acceptors (Lipinski definition) is 3. The molecule has 2 aromatic rings. The highest BCUT2D eigenvalue weighted by molar-refractivity contribution is 5.88. The maximum atomic E-state index is 9.71. The van der Waals surface area contributed by atoms with E-state index in [4.69, 9.17) is 0 Å². The second kappa shape index (κ2) is 12.6. The van der Waals surface area contributed by atoms with Crippen molar-refractivity contribution in [3.8, 4) is 6.07 Å². The monoisotopic (exact) mass is 416 g/mol. The van der Waals surface area contributed by atoms with Gasteiger partial charge in [-0.15, -0.1) is 0 Å². The molecule has 0 unspecified atom stereocenters. The largest absolute Gasteiger partial charge is 0.361 e. The molecule has 1 aromatic carbocycles. The summed E-state index contributed by atoms with van der Waals surface area (Å²) in [5.74, 6) is 0. The third-order valence-corrected chi connectivity index (χ3v) is 5.45. The summed E-state index contributed by atoms with van der Waals surface area (Å²) in [7, 11) is 0. The molecule has 0 radical (unpaired) electrons. The van der Waals surface area contributed by atoms with Gasteiger partial charge in [0, 0.05) is 29.3 Å². The highest BCUT2D eigenvalue weighted by atomic mass is 15.1. The molecule has 4 heteroatoms. The summed E-state index contributed by atoms with van der Waals surface area (Å²) in [6, 6.07) is 8.48. The molecule has 0 aliphatic carbocycles. The van der Waals surface area contributed by atoms with Crippen molar-refractivity contribution in [2.24, 2.45) is 0 Å². The van der Waals surface area contributed by atoms with Gasteiger partial charge in [-0.05, 0) is 81.6 Å². The Kier molecular flexibility index (Phi) is 9.87. The summed E-state index contributed by atoms with van der Waals surface area (Å²) in [4.78, 5) is 5.75. The number of H-pyrrole nitrogens is 1. The van der Waals surface area contributed by atoms with Crippen LogP contribution in [0.5, 0.6) is 0 Å². The highest BCUT2D eigenvalue weighted by Crippen LogP contribution is 2.28. The van der Waals surface area contributed by atoms with E-state index >= 15 is 0 Å². The molecule has 2 N–H and O–H groups in total. The zero-order valence-electron chi connectivity index (χ0n) is 19.5. The molecular weight excluding hydrogens is 380 g/mol. The average molecular weight is 417 g/mol. The number of aryl methyl sites for hydroxylation is 1. The molecule has 1 heterocycles. The second-order valence-electron chi connectivity index (χ2n) is 7.68. The number of fused-ring (bicyclic) bond motifs is 1. The Morgan fingerprint density at radius 2 is 1.94 bits per heavy atom. The van der Waals surface area contributed by atoms with E-state index < -0.39 is 0 Å². The maximum absolute atomic E-state index is 9.71. The number of nitrogens with zero attached hydrogens (tertiary/aromatic N) is 2. The van der Waals surface area contributed by atoms with E-state index in [2.05, 4.69) is 79.0 Å². The first-order chi connectivity index (χ1) is 15.1. The van der Waals surface area contributed by atoms with Crippen molar-refractivity contribution in [1.29, 1.82) is 5.26 Å². The Labute approximate surface area is 187 Å². The maximum Gasteiger partial charge on any atom is 0.101 e. The standard InChI is InChI=1S/C27H36N4/c1-6-17-31(18-7-2)19-11-10-12-22(8-3)27(23(9-4)20-28)30-25-13-14-26-24(21(25)5)15-16-29-26/h8-10,12-16,29-30H,4,6-7,11,17-19H2,1-3,5H3/b12-10+,22-8-,27-23-. The topological polar surface area (TPSA) is 54.9 Å². The van der Waals surface area contributed by atoms with Crippen LogP contribution in [0.2, 0.25) is 0 Å². The van der Waals surface area contributed by atoms with Gasteiger partial charge in [0.05, 0.1) is 11.3 Å². The number of allylic oxidation sites excluding steroid dienone is 4. The average Bonchev–Trinajstić information content (AvgIpc) is 3.26. The Hall–Kier alpha value is -3.03. The molecule has 0 atom stereocenters. The summed E-state index contributed by atoms with van der Waals surface area (Å²) in [5, 5.41) is 14.4. The number of nitrogens with one attached hydrogen (secondary N) is 2. The number of aromatic amines is 1. The zero-order chi connectivity index (χ0) is 22.6. The molecule has 1 aromatic heterocycles. The number of hydrogen-bond donors (Lipinski definition) is 2. The van der Waals surface area contributed by atoms with E-state index in [0.717, 1.165) is 54.1 Å². The molecule has 0 bridgehead atoms. The number of nitriles is 1. The Morgan fingerprint density at radius 3 is 2.55 bits per heavy atom. The molecule has 0 spiro atoms. The van der Waals surface area contributed by atoms with Crippen molar-refractivity contribution in [2.45, 2.75) is 47.0 Å². The van der Waals surface area contributed by atoms with Gasteiger partial charge >= 0.3 is 0 Å². The van der Waals surface area contributed by atoms with Gasteiger partial charge in [-0.3, -0.25) is 0 Å². The lowest BCUT2D eigenvalue weighted by Crippen LogP contribution is -2.26. The van der Waals surface area contributed by atoms with Crippen molar-refractivity contribution >= 4 is 16.6 Å². The van der Waals surface area contributed by atoms with Crippen molar-refractivity contribution in [2.75, 3.05) is 25.0 Å². The zero-order valence-corrected chi connectivity index (χ0v) is 19.5. The van der Waals surface area contributed by atoms with Crippen LogP contribution in [0.15, 0.2) is 72.1 Å². The fraction of sp³-hybridized carbons (Fsp3) is 0.370. The van der Waals surface area contributed by atoms with E-state index in [0.29, 0.717) is 5.57 Å². The van der Waals surface area contributed by atoms with Gasteiger partial charge in [0.15, 0.2) is 0 Å². The molecule has 31 heavy (non-hydrogen) atoms. The molecule has 0 aliphatic rings. The molecule has 0 saturated carbocycles. The minimum Gasteiger partial charge on any atom is -0.361 e. The molecule has 0 aliphatic heterocycles. The first-order valence-electron chi connectivity index (χ1n) is 11.3. The summed E-state index contributed by atoms with van der Waals surface area (Å²) in [6.45, 7) is 15.7. The Balaban J connectivity index is 2.25. The van der Waals surface area contributed by atoms with Crippen LogP contribution >= 0.6 is 0 Å². The SMILES string of the molecule is C=C\C(C#N)=C(Nc1ccc2[nH]ccc2c1C)/C(=C\C)/C=C/CCN(CCC)CCC. The van der Waals surface area contributed by atoms with Gasteiger partial charge in [-0.25, -0.2) is 0 Å². The van der Waals surface area contributed by atoms with Gasteiger partial charge in [-0.2, -0.15) is 5.26 Å².